The molecule has 0 radical (unpaired) electrons. The van der Waals surface area contributed by atoms with Gasteiger partial charge in [-0.2, -0.15) is 0 Å². The van der Waals surface area contributed by atoms with E-state index in [1.807, 2.05) is 58.0 Å². The van der Waals surface area contributed by atoms with Crippen LogP contribution >= 0.6 is 0 Å². The van der Waals surface area contributed by atoms with Gasteiger partial charge < -0.3 is 10.1 Å². The van der Waals surface area contributed by atoms with Gasteiger partial charge in [0, 0.05) is 12.0 Å². The van der Waals surface area contributed by atoms with Gasteiger partial charge in [-0.15, -0.1) is 0 Å². The number of carbonyl (C=O) groups excluding carboxylic acids is 1. The van der Waals surface area contributed by atoms with Gasteiger partial charge in [0.05, 0.1) is 18.3 Å². The van der Waals surface area contributed by atoms with Crippen LogP contribution < -0.4 is 10.2 Å². The van der Waals surface area contributed by atoms with Crippen LogP contribution in [0.3, 0.4) is 0 Å². The van der Waals surface area contributed by atoms with E-state index in [-0.39, 0.29) is 17.6 Å². The third-order valence-electron chi connectivity index (χ3n) is 2.99. The lowest BCUT2D eigenvalue weighted by atomic mass is 10.1. The standard InChI is InChI=1S/C16H23N3O2/c1-12-10-11-21-15(17-12)19(13-8-6-5-7-9-13)14(20)18-16(2,3)4/h5-9,12H,10-11H2,1-4H3,(H,18,20). The van der Waals surface area contributed by atoms with Crippen LogP contribution in [-0.2, 0) is 4.74 Å². The summed E-state index contributed by atoms with van der Waals surface area (Å²) in [6.07, 6.45) is 0.868. The van der Waals surface area contributed by atoms with E-state index in [0.29, 0.717) is 12.6 Å². The molecule has 1 aromatic rings. The molecular formula is C16H23N3O2. The molecule has 114 valence electrons. The molecule has 0 aromatic heterocycles. The third kappa shape index (κ3) is 4.21. The number of anilines is 1. The van der Waals surface area contributed by atoms with E-state index in [0.717, 1.165) is 12.1 Å². The average molecular weight is 289 g/mol. The number of hydrogen-bond donors (Lipinski definition) is 1. The highest BCUT2D eigenvalue weighted by atomic mass is 16.5. The number of carbonyl (C=O) groups is 1. The number of nitrogens with one attached hydrogen (secondary N) is 1. The van der Waals surface area contributed by atoms with Crippen molar-refractivity contribution in [2.75, 3.05) is 11.5 Å². The third-order valence-corrected chi connectivity index (χ3v) is 2.99. The molecule has 1 aliphatic heterocycles. The second-order valence-electron chi connectivity index (χ2n) is 6.25. The van der Waals surface area contributed by atoms with Crippen molar-refractivity contribution >= 4 is 17.7 Å². The van der Waals surface area contributed by atoms with Crippen molar-refractivity contribution < 1.29 is 9.53 Å². The van der Waals surface area contributed by atoms with Gasteiger partial charge in [0.2, 0.25) is 0 Å². The Kier molecular flexibility index (Phi) is 4.50. The van der Waals surface area contributed by atoms with Crippen molar-refractivity contribution in [2.24, 2.45) is 4.99 Å². The lowest BCUT2D eigenvalue weighted by Gasteiger charge is -2.30. The van der Waals surface area contributed by atoms with Crippen LogP contribution in [0.25, 0.3) is 0 Å². The first-order valence-corrected chi connectivity index (χ1v) is 7.25. The van der Waals surface area contributed by atoms with Crippen molar-refractivity contribution in [3.8, 4) is 0 Å². The number of ether oxygens (including phenoxy) is 1. The Morgan fingerprint density at radius 1 is 1.33 bits per heavy atom. The fraction of sp³-hybridized carbons (Fsp3) is 0.500. The van der Waals surface area contributed by atoms with E-state index in [1.54, 1.807) is 0 Å². The van der Waals surface area contributed by atoms with Crippen LogP contribution in [-0.4, -0.2) is 30.2 Å². The molecular weight excluding hydrogens is 266 g/mol. The predicted molar refractivity (Wildman–Crippen MR) is 84.7 cm³/mol. The number of amidine groups is 1. The van der Waals surface area contributed by atoms with Crippen LogP contribution in [0.1, 0.15) is 34.1 Å². The van der Waals surface area contributed by atoms with E-state index in [2.05, 4.69) is 10.3 Å². The number of rotatable bonds is 1. The highest BCUT2D eigenvalue weighted by Crippen LogP contribution is 2.19. The Hall–Kier alpha value is -2.04. The molecule has 1 heterocycles. The Balaban J connectivity index is 2.33. The lowest BCUT2D eigenvalue weighted by Crippen LogP contribution is -2.52. The zero-order chi connectivity index (χ0) is 15.5. The molecule has 0 saturated carbocycles. The molecule has 1 atom stereocenters. The Morgan fingerprint density at radius 2 is 2.00 bits per heavy atom. The molecule has 0 aliphatic carbocycles. The molecule has 5 nitrogen and oxygen atoms in total. The number of urea groups is 1. The van der Waals surface area contributed by atoms with Gasteiger partial charge >= 0.3 is 12.1 Å². The number of amides is 2. The van der Waals surface area contributed by atoms with Gasteiger partial charge in [0.25, 0.3) is 0 Å². The summed E-state index contributed by atoms with van der Waals surface area (Å²) in [6, 6.07) is 9.71. The minimum atomic E-state index is -0.328. The highest BCUT2D eigenvalue weighted by molar-refractivity contribution is 6.13. The fourth-order valence-corrected chi connectivity index (χ4v) is 2.00. The lowest BCUT2D eigenvalue weighted by molar-refractivity contribution is 0.231. The van der Waals surface area contributed by atoms with Crippen molar-refractivity contribution in [3.63, 3.8) is 0 Å². The zero-order valence-electron chi connectivity index (χ0n) is 13.1. The van der Waals surface area contributed by atoms with E-state index in [9.17, 15) is 4.79 Å². The maximum absolute atomic E-state index is 12.6. The summed E-state index contributed by atoms with van der Waals surface area (Å²) in [5.74, 6) is 0. The van der Waals surface area contributed by atoms with Crippen molar-refractivity contribution in [3.05, 3.63) is 30.3 Å². The molecule has 0 fully saturated rings. The molecule has 1 aromatic carbocycles. The highest BCUT2D eigenvalue weighted by Gasteiger charge is 2.28. The smallest absolute Gasteiger partial charge is 0.330 e. The molecule has 0 bridgehead atoms. The minimum absolute atomic E-state index is 0.155. The number of benzene rings is 1. The maximum Gasteiger partial charge on any atom is 0.330 e. The molecule has 0 saturated heterocycles. The number of aliphatic imine (C=N–C) groups is 1. The van der Waals surface area contributed by atoms with Crippen LogP contribution in [0.15, 0.2) is 35.3 Å². The second-order valence-corrected chi connectivity index (χ2v) is 6.25. The quantitative estimate of drug-likeness (QED) is 0.863. The normalized spacial score (nSPS) is 18.5. The van der Waals surface area contributed by atoms with Crippen LogP contribution in [0.5, 0.6) is 0 Å². The molecule has 0 spiro atoms. The Bertz CT molecular complexity index is 520. The van der Waals surface area contributed by atoms with Gasteiger partial charge in [0.1, 0.15) is 0 Å². The van der Waals surface area contributed by atoms with Crippen LogP contribution in [0, 0.1) is 0 Å². The van der Waals surface area contributed by atoms with E-state index < -0.39 is 0 Å². The van der Waals surface area contributed by atoms with Gasteiger partial charge in [-0.1, -0.05) is 18.2 Å². The van der Waals surface area contributed by atoms with Crippen LogP contribution in [0.4, 0.5) is 10.5 Å². The summed E-state index contributed by atoms with van der Waals surface area (Å²) >= 11 is 0. The maximum atomic E-state index is 12.6. The molecule has 2 rings (SSSR count). The Labute approximate surface area is 126 Å². The van der Waals surface area contributed by atoms with Crippen LogP contribution in [0.2, 0.25) is 0 Å². The first-order chi connectivity index (χ1) is 9.87. The van der Waals surface area contributed by atoms with Gasteiger partial charge in [-0.3, -0.25) is 0 Å². The largest absolute Gasteiger partial charge is 0.464 e. The number of nitrogens with zero attached hydrogens (tertiary/aromatic N) is 2. The molecule has 1 N–H and O–H groups in total. The first-order valence-electron chi connectivity index (χ1n) is 7.25. The Morgan fingerprint density at radius 3 is 2.57 bits per heavy atom. The van der Waals surface area contributed by atoms with Gasteiger partial charge in [-0.05, 0) is 39.8 Å². The molecule has 5 heteroatoms. The van der Waals surface area contributed by atoms with E-state index >= 15 is 0 Å². The number of para-hydroxylation sites is 1. The zero-order valence-corrected chi connectivity index (χ0v) is 13.1. The van der Waals surface area contributed by atoms with Crippen molar-refractivity contribution in [1.29, 1.82) is 0 Å². The SMILES string of the molecule is CC1CCOC(N(C(=O)NC(C)(C)C)c2ccccc2)=N1. The second kappa shape index (κ2) is 6.16. The van der Waals surface area contributed by atoms with E-state index in [1.165, 1.54) is 4.90 Å². The summed E-state index contributed by atoms with van der Waals surface area (Å²) in [5, 5.41) is 2.96. The van der Waals surface area contributed by atoms with Gasteiger partial charge in [0.15, 0.2) is 0 Å². The fourth-order valence-electron chi connectivity index (χ4n) is 2.00. The van der Waals surface area contributed by atoms with Gasteiger partial charge in [-0.25, -0.2) is 14.7 Å². The van der Waals surface area contributed by atoms with E-state index in [4.69, 9.17) is 4.74 Å². The number of hydrogen-bond acceptors (Lipinski definition) is 3. The first kappa shape index (κ1) is 15.4. The summed E-state index contributed by atoms with van der Waals surface area (Å²) in [7, 11) is 0. The predicted octanol–water partition coefficient (Wildman–Crippen LogP) is 3.17. The molecule has 1 unspecified atom stereocenters. The van der Waals surface area contributed by atoms with Crippen molar-refractivity contribution in [2.45, 2.75) is 45.7 Å². The minimum Gasteiger partial charge on any atom is -0.464 e. The topological polar surface area (TPSA) is 53.9 Å². The summed E-state index contributed by atoms with van der Waals surface area (Å²) in [4.78, 5) is 18.6. The molecule has 1 aliphatic rings. The monoisotopic (exact) mass is 289 g/mol. The summed E-state index contributed by atoms with van der Waals surface area (Å²) < 4.78 is 5.62. The molecule has 2 amide bonds. The summed E-state index contributed by atoms with van der Waals surface area (Å²) in [6.45, 7) is 8.43. The summed E-state index contributed by atoms with van der Waals surface area (Å²) in [5.41, 5.74) is 0.414. The van der Waals surface area contributed by atoms with Crippen molar-refractivity contribution in [1.82, 2.24) is 5.32 Å². The average Bonchev–Trinajstić information content (AvgIpc) is 2.38. The molecule has 21 heavy (non-hydrogen) atoms.